The number of fused-ring (bicyclic) bond motifs is 1. The van der Waals surface area contributed by atoms with E-state index in [0.29, 0.717) is 17.7 Å². The Morgan fingerprint density at radius 2 is 1.94 bits per heavy atom. The van der Waals surface area contributed by atoms with Crippen LogP contribution in [0.1, 0.15) is 6.92 Å². The van der Waals surface area contributed by atoms with Gasteiger partial charge in [0, 0.05) is 43.0 Å². The number of aryl methyl sites for hydroxylation is 2. The van der Waals surface area contributed by atoms with Gasteiger partial charge in [0.05, 0.1) is 6.33 Å². The number of rotatable bonds is 1. The standard InChI is InChI=1S/C9H12N4O2.Ag/c1-4-13-7-6(11(2)5-10-7)8(14)12(3)9(13)15;/h5H,4H2,1-3H3;. The van der Waals surface area contributed by atoms with Crippen LogP contribution in [0.2, 0.25) is 0 Å². The van der Waals surface area contributed by atoms with E-state index in [4.69, 9.17) is 0 Å². The molecule has 0 aromatic carbocycles. The van der Waals surface area contributed by atoms with E-state index in [1.54, 1.807) is 11.6 Å². The molecule has 1 radical (unpaired) electrons. The summed E-state index contributed by atoms with van der Waals surface area (Å²) in [5.41, 5.74) is 0.278. The third kappa shape index (κ3) is 1.59. The maximum Gasteiger partial charge on any atom is 0.332 e. The predicted octanol–water partition coefficient (Wildman–Crippen LogP) is -0.549. The zero-order valence-corrected chi connectivity index (χ0v) is 10.7. The normalized spacial score (nSPS) is 10.4. The maximum atomic E-state index is 11.8. The van der Waals surface area contributed by atoms with Crippen molar-refractivity contribution in [2.45, 2.75) is 13.5 Å². The third-order valence-corrected chi connectivity index (χ3v) is 2.51. The predicted molar refractivity (Wildman–Crippen MR) is 55.9 cm³/mol. The monoisotopic (exact) mass is 315 g/mol. The summed E-state index contributed by atoms with van der Waals surface area (Å²) in [6.07, 6.45) is 1.54. The van der Waals surface area contributed by atoms with Crippen LogP contribution in [0.15, 0.2) is 15.9 Å². The second-order valence-electron chi connectivity index (χ2n) is 3.42. The van der Waals surface area contributed by atoms with E-state index in [9.17, 15) is 9.59 Å². The van der Waals surface area contributed by atoms with Crippen molar-refractivity contribution in [1.29, 1.82) is 0 Å². The summed E-state index contributed by atoms with van der Waals surface area (Å²) in [7, 11) is 3.21. The summed E-state index contributed by atoms with van der Waals surface area (Å²) < 4.78 is 4.22. The first-order chi connectivity index (χ1) is 7.07. The molecule has 6 nitrogen and oxygen atoms in total. The zero-order valence-electron chi connectivity index (χ0n) is 9.19. The molecule has 0 aliphatic rings. The van der Waals surface area contributed by atoms with Crippen LogP contribution in [0.3, 0.4) is 0 Å². The molecule has 0 atom stereocenters. The number of nitrogens with zero attached hydrogens (tertiary/aromatic N) is 4. The van der Waals surface area contributed by atoms with E-state index < -0.39 is 0 Å². The van der Waals surface area contributed by atoms with E-state index in [1.165, 1.54) is 17.9 Å². The van der Waals surface area contributed by atoms with Crippen molar-refractivity contribution in [1.82, 2.24) is 18.7 Å². The largest absolute Gasteiger partial charge is 0.332 e. The Hall–Kier alpha value is -1.11. The van der Waals surface area contributed by atoms with Crippen molar-refractivity contribution in [3.05, 3.63) is 27.2 Å². The summed E-state index contributed by atoms with van der Waals surface area (Å²) >= 11 is 0. The summed E-state index contributed by atoms with van der Waals surface area (Å²) in [5, 5.41) is 0. The van der Waals surface area contributed by atoms with Gasteiger partial charge >= 0.3 is 5.69 Å². The van der Waals surface area contributed by atoms with Gasteiger partial charge in [-0.3, -0.25) is 13.9 Å². The van der Waals surface area contributed by atoms with Crippen LogP contribution in [0.4, 0.5) is 0 Å². The second kappa shape index (κ2) is 4.40. The molecular weight excluding hydrogens is 304 g/mol. The molecule has 7 heteroatoms. The Kier molecular flexibility index (Phi) is 3.57. The molecule has 0 N–H and O–H groups in total. The Morgan fingerprint density at radius 1 is 1.31 bits per heavy atom. The minimum absolute atomic E-state index is 0. The van der Waals surface area contributed by atoms with Crippen molar-refractivity contribution in [2.24, 2.45) is 14.1 Å². The molecule has 0 spiro atoms. The van der Waals surface area contributed by atoms with Crippen LogP contribution in [-0.4, -0.2) is 18.7 Å². The molecule has 0 unspecified atom stereocenters. The van der Waals surface area contributed by atoms with Crippen LogP contribution in [0.25, 0.3) is 11.2 Å². The van der Waals surface area contributed by atoms with Crippen molar-refractivity contribution in [3.8, 4) is 0 Å². The number of aromatic nitrogens is 4. The average Bonchev–Trinajstić information content (AvgIpc) is 2.58. The van der Waals surface area contributed by atoms with E-state index in [2.05, 4.69) is 4.98 Å². The quantitative estimate of drug-likeness (QED) is 0.664. The first-order valence-electron chi connectivity index (χ1n) is 4.68. The maximum absolute atomic E-state index is 11.8. The summed E-state index contributed by atoms with van der Waals surface area (Å²) in [5.74, 6) is 0. The molecule has 2 aromatic heterocycles. The van der Waals surface area contributed by atoms with Crippen molar-refractivity contribution >= 4 is 11.2 Å². The number of hydrogen-bond acceptors (Lipinski definition) is 3. The second-order valence-corrected chi connectivity index (χ2v) is 3.42. The molecule has 91 valence electrons. The first-order valence-corrected chi connectivity index (χ1v) is 4.68. The van der Waals surface area contributed by atoms with Crippen molar-refractivity contribution in [2.75, 3.05) is 0 Å². The molecule has 0 fully saturated rings. The number of imidazole rings is 1. The van der Waals surface area contributed by atoms with E-state index in [-0.39, 0.29) is 33.6 Å². The van der Waals surface area contributed by atoms with Gasteiger partial charge in [-0.2, -0.15) is 0 Å². The van der Waals surface area contributed by atoms with Crippen LogP contribution in [0, 0.1) is 0 Å². The van der Waals surface area contributed by atoms with Gasteiger partial charge < -0.3 is 4.57 Å². The summed E-state index contributed by atoms with van der Waals surface area (Å²) in [6.45, 7) is 2.35. The van der Waals surface area contributed by atoms with Crippen LogP contribution in [0.5, 0.6) is 0 Å². The first kappa shape index (κ1) is 13.0. The van der Waals surface area contributed by atoms with Gasteiger partial charge in [0.25, 0.3) is 5.56 Å². The van der Waals surface area contributed by atoms with Crippen molar-refractivity contribution in [3.63, 3.8) is 0 Å². The molecule has 16 heavy (non-hydrogen) atoms. The topological polar surface area (TPSA) is 61.8 Å². The molecular formula is C9H12AgN4O2. The fourth-order valence-corrected chi connectivity index (χ4v) is 1.66. The average molecular weight is 316 g/mol. The molecule has 0 saturated carbocycles. The molecule has 0 aliphatic heterocycles. The fourth-order valence-electron chi connectivity index (χ4n) is 1.66. The Labute approximate surface area is 107 Å². The summed E-state index contributed by atoms with van der Waals surface area (Å²) in [6, 6.07) is 0. The Morgan fingerprint density at radius 3 is 2.50 bits per heavy atom. The SMILES string of the molecule is CCn1c(=O)n(C)c(=O)c2c1ncn2C.[Ag]. The van der Waals surface area contributed by atoms with Gasteiger partial charge in [0.1, 0.15) is 0 Å². The molecule has 0 amide bonds. The van der Waals surface area contributed by atoms with E-state index in [1.807, 2.05) is 6.92 Å². The van der Waals surface area contributed by atoms with E-state index >= 15 is 0 Å². The Bertz CT molecular complexity index is 637. The van der Waals surface area contributed by atoms with Crippen LogP contribution in [-0.2, 0) is 43.0 Å². The van der Waals surface area contributed by atoms with Gasteiger partial charge in [-0.05, 0) is 6.92 Å². The van der Waals surface area contributed by atoms with Crippen molar-refractivity contribution < 1.29 is 22.4 Å². The minimum atomic E-state index is -0.325. The number of hydrogen-bond donors (Lipinski definition) is 0. The van der Waals surface area contributed by atoms with Crippen LogP contribution >= 0.6 is 0 Å². The van der Waals surface area contributed by atoms with E-state index in [0.717, 1.165) is 4.57 Å². The summed E-state index contributed by atoms with van der Waals surface area (Å²) in [4.78, 5) is 27.6. The third-order valence-electron chi connectivity index (χ3n) is 2.51. The molecule has 2 aromatic rings. The van der Waals surface area contributed by atoms with Gasteiger partial charge in [-0.25, -0.2) is 9.78 Å². The molecule has 2 rings (SSSR count). The van der Waals surface area contributed by atoms with Crippen LogP contribution < -0.4 is 11.2 Å². The molecule has 2 heterocycles. The van der Waals surface area contributed by atoms with Gasteiger partial charge in [0.2, 0.25) is 0 Å². The molecule has 0 aliphatic carbocycles. The smallest absolute Gasteiger partial charge is 0.328 e. The van der Waals surface area contributed by atoms with Gasteiger partial charge in [-0.15, -0.1) is 0 Å². The van der Waals surface area contributed by atoms with Gasteiger partial charge in [-0.1, -0.05) is 0 Å². The van der Waals surface area contributed by atoms with Gasteiger partial charge in [0.15, 0.2) is 11.2 Å². The minimum Gasteiger partial charge on any atom is -0.328 e. The zero-order chi connectivity index (χ0) is 11.2. The fraction of sp³-hybridized carbons (Fsp3) is 0.444. The molecule has 0 saturated heterocycles. The Balaban J connectivity index is 0.00000128. The molecule has 0 bridgehead atoms.